The van der Waals surface area contributed by atoms with E-state index in [2.05, 4.69) is 37.1 Å². The van der Waals surface area contributed by atoms with Crippen molar-refractivity contribution < 1.29 is 19.1 Å². The standard InChI is InChI=1S/C16H32N2O4S/c1-12(2)9-13(3)16(20)17-5-6-21-7-8-22-11-15(19)18-10-14(4)23/h12-14,23H,5-11H2,1-4H3,(H,17,20)(H,18,19). The fourth-order valence-corrected chi connectivity index (χ4v) is 2.02. The Morgan fingerprint density at radius 2 is 1.65 bits per heavy atom. The van der Waals surface area contributed by atoms with Gasteiger partial charge in [-0.1, -0.05) is 27.7 Å². The Bertz CT molecular complexity index is 338. The van der Waals surface area contributed by atoms with Gasteiger partial charge in [-0.25, -0.2) is 0 Å². The predicted molar refractivity (Wildman–Crippen MR) is 94.7 cm³/mol. The molecule has 0 spiro atoms. The van der Waals surface area contributed by atoms with Gasteiger partial charge in [0, 0.05) is 24.3 Å². The SMILES string of the molecule is CC(C)CC(C)C(=O)NCCOCCOCC(=O)NCC(C)S. The minimum Gasteiger partial charge on any atom is -0.377 e. The second-order valence-electron chi connectivity index (χ2n) is 6.14. The van der Waals surface area contributed by atoms with E-state index in [1.165, 1.54) is 0 Å². The lowest BCUT2D eigenvalue weighted by Gasteiger charge is -2.14. The summed E-state index contributed by atoms with van der Waals surface area (Å²) in [6.07, 6.45) is 0.884. The van der Waals surface area contributed by atoms with Gasteiger partial charge in [-0.3, -0.25) is 9.59 Å². The van der Waals surface area contributed by atoms with Gasteiger partial charge in [-0.2, -0.15) is 12.6 Å². The smallest absolute Gasteiger partial charge is 0.246 e. The van der Waals surface area contributed by atoms with Crippen LogP contribution in [-0.4, -0.2) is 56.6 Å². The van der Waals surface area contributed by atoms with Gasteiger partial charge in [0.05, 0.1) is 19.8 Å². The molecule has 0 saturated carbocycles. The lowest BCUT2D eigenvalue weighted by molar-refractivity contribution is -0.127. The summed E-state index contributed by atoms with van der Waals surface area (Å²) in [5.74, 6) is 0.445. The van der Waals surface area contributed by atoms with Gasteiger partial charge < -0.3 is 20.1 Å². The van der Waals surface area contributed by atoms with Crippen LogP contribution in [0.15, 0.2) is 0 Å². The second kappa shape index (κ2) is 13.6. The number of ether oxygens (including phenoxy) is 2. The molecule has 0 aromatic heterocycles. The highest BCUT2D eigenvalue weighted by Gasteiger charge is 2.13. The second-order valence-corrected chi connectivity index (χ2v) is 7.02. The van der Waals surface area contributed by atoms with Crippen molar-refractivity contribution in [1.82, 2.24) is 10.6 Å². The first kappa shape index (κ1) is 22.2. The summed E-state index contributed by atoms with van der Waals surface area (Å²) >= 11 is 4.17. The molecule has 2 atom stereocenters. The number of nitrogens with one attached hydrogen (secondary N) is 2. The molecule has 0 saturated heterocycles. The molecule has 0 aromatic carbocycles. The summed E-state index contributed by atoms with van der Waals surface area (Å²) in [6.45, 7) is 10.3. The van der Waals surface area contributed by atoms with Crippen molar-refractivity contribution in [3.8, 4) is 0 Å². The van der Waals surface area contributed by atoms with Crippen LogP contribution < -0.4 is 10.6 Å². The van der Waals surface area contributed by atoms with Gasteiger partial charge >= 0.3 is 0 Å². The topological polar surface area (TPSA) is 76.7 Å². The highest BCUT2D eigenvalue weighted by Crippen LogP contribution is 2.10. The molecule has 0 fully saturated rings. The zero-order chi connectivity index (χ0) is 17.7. The van der Waals surface area contributed by atoms with Crippen molar-refractivity contribution in [2.45, 2.75) is 39.4 Å². The third kappa shape index (κ3) is 14.5. The molecule has 2 unspecified atom stereocenters. The Morgan fingerprint density at radius 1 is 1.00 bits per heavy atom. The Balaban J connectivity index is 3.43. The van der Waals surface area contributed by atoms with Crippen LogP contribution in [0, 0.1) is 11.8 Å². The van der Waals surface area contributed by atoms with E-state index < -0.39 is 0 Å². The minimum absolute atomic E-state index is 0.0211. The quantitative estimate of drug-likeness (QED) is 0.346. The van der Waals surface area contributed by atoms with Crippen molar-refractivity contribution >= 4 is 24.4 Å². The summed E-state index contributed by atoms with van der Waals surface area (Å²) < 4.78 is 10.5. The maximum atomic E-state index is 11.8. The number of carbonyl (C=O) groups is 2. The molecule has 0 aliphatic carbocycles. The normalized spacial score (nSPS) is 13.7. The first-order chi connectivity index (χ1) is 10.8. The summed E-state index contributed by atoms with van der Waals surface area (Å²) in [5, 5.41) is 5.67. The largest absolute Gasteiger partial charge is 0.377 e. The summed E-state index contributed by atoms with van der Waals surface area (Å²) in [4.78, 5) is 23.1. The van der Waals surface area contributed by atoms with E-state index in [1.807, 2.05) is 13.8 Å². The van der Waals surface area contributed by atoms with E-state index in [0.29, 0.717) is 38.8 Å². The molecular weight excluding hydrogens is 316 g/mol. The van der Waals surface area contributed by atoms with E-state index in [9.17, 15) is 9.59 Å². The van der Waals surface area contributed by atoms with Crippen LogP contribution in [0.3, 0.4) is 0 Å². The molecule has 23 heavy (non-hydrogen) atoms. The minimum atomic E-state index is -0.155. The van der Waals surface area contributed by atoms with Crippen molar-refractivity contribution in [2.24, 2.45) is 11.8 Å². The molecule has 0 rings (SSSR count). The molecule has 6 nitrogen and oxygen atoms in total. The lowest BCUT2D eigenvalue weighted by Crippen LogP contribution is -2.33. The zero-order valence-corrected chi connectivity index (χ0v) is 15.7. The van der Waals surface area contributed by atoms with Crippen LogP contribution in [0.5, 0.6) is 0 Å². The molecule has 0 heterocycles. The number of hydrogen-bond donors (Lipinski definition) is 3. The Morgan fingerprint density at radius 3 is 2.26 bits per heavy atom. The predicted octanol–water partition coefficient (Wildman–Crippen LogP) is 1.25. The molecule has 136 valence electrons. The Labute approximate surface area is 145 Å². The van der Waals surface area contributed by atoms with E-state index >= 15 is 0 Å². The van der Waals surface area contributed by atoms with Gasteiger partial charge in [0.1, 0.15) is 6.61 Å². The maximum absolute atomic E-state index is 11.8. The number of carbonyl (C=O) groups excluding carboxylic acids is 2. The first-order valence-corrected chi connectivity index (χ1v) is 8.72. The fraction of sp³-hybridized carbons (Fsp3) is 0.875. The van der Waals surface area contributed by atoms with Crippen molar-refractivity contribution in [2.75, 3.05) is 39.5 Å². The van der Waals surface area contributed by atoms with Crippen LogP contribution in [0.2, 0.25) is 0 Å². The molecule has 7 heteroatoms. The highest BCUT2D eigenvalue weighted by molar-refractivity contribution is 7.80. The van der Waals surface area contributed by atoms with Crippen LogP contribution in [0.1, 0.15) is 34.1 Å². The Hall–Kier alpha value is -0.790. The fourth-order valence-electron chi connectivity index (χ4n) is 1.93. The summed E-state index contributed by atoms with van der Waals surface area (Å²) in [5.41, 5.74) is 0. The van der Waals surface area contributed by atoms with E-state index in [0.717, 1.165) is 6.42 Å². The van der Waals surface area contributed by atoms with Crippen LogP contribution in [-0.2, 0) is 19.1 Å². The lowest BCUT2D eigenvalue weighted by atomic mass is 9.98. The molecular formula is C16H32N2O4S. The van der Waals surface area contributed by atoms with E-state index in [-0.39, 0.29) is 29.6 Å². The van der Waals surface area contributed by atoms with Gasteiger partial charge in [0.25, 0.3) is 0 Å². The van der Waals surface area contributed by atoms with E-state index in [4.69, 9.17) is 9.47 Å². The van der Waals surface area contributed by atoms with Gasteiger partial charge in [0.15, 0.2) is 0 Å². The molecule has 0 radical (unpaired) electrons. The van der Waals surface area contributed by atoms with Gasteiger partial charge in [-0.05, 0) is 12.3 Å². The molecule has 2 N–H and O–H groups in total. The van der Waals surface area contributed by atoms with Gasteiger partial charge in [0.2, 0.25) is 11.8 Å². The third-order valence-electron chi connectivity index (χ3n) is 3.02. The van der Waals surface area contributed by atoms with Crippen molar-refractivity contribution in [3.05, 3.63) is 0 Å². The van der Waals surface area contributed by atoms with Crippen LogP contribution in [0.25, 0.3) is 0 Å². The van der Waals surface area contributed by atoms with E-state index in [1.54, 1.807) is 0 Å². The van der Waals surface area contributed by atoms with Crippen LogP contribution >= 0.6 is 12.6 Å². The van der Waals surface area contributed by atoms with Crippen LogP contribution in [0.4, 0.5) is 0 Å². The average molecular weight is 349 g/mol. The van der Waals surface area contributed by atoms with Gasteiger partial charge in [-0.15, -0.1) is 0 Å². The molecule has 2 amide bonds. The maximum Gasteiger partial charge on any atom is 0.246 e. The monoisotopic (exact) mass is 348 g/mol. The molecule has 0 aliphatic heterocycles. The van der Waals surface area contributed by atoms with Crippen molar-refractivity contribution in [1.29, 1.82) is 0 Å². The number of thiol groups is 1. The highest BCUT2D eigenvalue weighted by atomic mass is 32.1. The number of amides is 2. The molecule has 0 bridgehead atoms. The summed E-state index contributed by atoms with van der Waals surface area (Å²) in [7, 11) is 0. The first-order valence-electron chi connectivity index (χ1n) is 8.20. The molecule has 0 aliphatic rings. The Kier molecular flexibility index (Phi) is 13.2. The van der Waals surface area contributed by atoms with Crippen molar-refractivity contribution in [3.63, 3.8) is 0 Å². The summed E-state index contributed by atoms with van der Waals surface area (Å²) in [6, 6.07) is 0. The third-order valence-corrected chi connectivity index (χ3v) is 3.20. The zero-order valence-electron chi connectivity index (χ0n) is 14.8. The molecule has 0 aromatic rings. The number of rotatable bonds is 13. The number of hydrogen-bond acceptors (Lipinski definition) is 5. The average Bonchev–Trinajstić information content (AvgIpc) is 2.46.